The standard InChI is InChI=1S/C13H12N2O2S2/c1-9(16)10-2-4-11(5-3-10)19-8-12(17)15-13-14-6-7-18-13/h2-7H,8H2,1H3,(H,14,15,17). The van der Waals surface area contributed by atoms with Crippen molar-refractivity contribution >= 4 is 39.9 Å². The maximum atomic E-state index is 11.6. The van der Waals surface area contributed by atoms with E-state index in [1.165, 1.54) is 30.0 Å². The number of benzene rings is 1. The molecule has 4 nitrogen and oxygen atoms in total. The van der Waals surface area contributed by atoms with E-state index in [1.807, 2.05) is 17.5 Å². The maximum absolute atomic E-state index is 11.6. The molecule has 1 aromatic heterocycles. The number of aromatic nitrogens is 1. The van der Waals surface area contributed by atoms with Gasteiger partial charge in [-0.2, -0.15) is 0 Å². The van der Waals surface area contributed by atoms with Gasteiger partial charge in [0.25, 0.3) is 0 Å². The summed E-state index contributed by atoms with van der Waals surface area (Å²) in [5.74, 6) is 0.271. The first kappa shape index (κ1) is 13.8. The molecule has 2 aromatic rings. The number of thioether (sulfide) groups is 1. The normalized spacial score (nSPS) is 10.2. The zero-order valence-corrected chi connectivity index (χ0v) is 11.9. The molecular weight excluding hydrogens is 280 g/mol. The Bertz CT molecular complexity index is 565. The molecule has 1 amide bonds. The molecule has 0 radical (unpaired) electrons. The fraction of sp³-hybridized carbons (Fsp3) is 0.154. The first-order valence-electron chi connectivity index (χ1n) is 5.58. The lowest BCUT2D eigenvalue weighted by Gasteiger charge is -2.03. The van der Waals surface area contributed by atoms with Gasteiger partial charge >= 0.3 is 0 Å². The number of anilines is 1. The van der Waals surface area contributed by atoms with E-state index in [1.54, 1.807) is 18.3 Å². The van der Waals surface area contributed by atoms with Gasteiger partial charge in [-0.1, -0.05) is 12.1 Å². The lowest BCUT2D eigenvalue weighted by Crippen LogP contribution is -2.13. The van der Waals surface area contributed by atoms with Crippen LogP contribution >= 0.6 is 23.1 Å². The minimum absolute atomic E-state index is 0.0399. The van der Waals surface area contributed by atoms with E-state index in [9.17, 15) is 9.59 Å². The lowest BCUT2D eigenvalue weighted by atomic mass is 10.2. The zero-order chi connectivity index (χ0) is 13.7. The summed E-state index contributed by atoms with van der Waals surface area (Å²) >= 11 is 2.81. The highest BCUT2D eigenvalue weighted by Crippen LogP contribution is 2.19. The number of carbonyl (C=O) groups excluding carboxylic acids is 2. The second kappa shape index (κ2) is 6.49. The molecule has 0 fully saturated rings. The van der Waals surface area contributed by atoms with Crippen LogP contribution < -0.4 is 5.32 Å². The largest absolute Gasteiger partial charge is 0.301 e. The highest BCUT2D eigenvalue weighted by Gasteiger charge is 2.05. The van der Waals surface area contributed by atoms with Crippen molar-refractivity contribution < 1.29 is 9.59 Å². The van der Waals surface area contributed by atoms with E-state index < -0.39 is 0 Å². The summed E-state index contributed by atoms with van der Waals surface area (Å²) in [6.45, 7) is 1.53. The molecule has 0 unspecified atom stereocenters. The SMILES string of the molecule is CC(=O)c1ccc(SCC(=O)Nc2nccs2)cc1. The van der Waals surface area contributed by atoms with Crippen molar-refractivity contribution in [1.82, 2.24) is 4.98 Å². The molecule has 0 spiro atoms. The number of carbonyl (C=O) groups is 2. The van der Waals surface area contributed by atoms with Crippen LogP contribution in [0.5, 0.6) is 0 Å². The quantitative estimate of drug-likeness (QED) is 0.679. The van der Waals surface area contributed by atoms with Gasteiger partial charge in [-0.25, -0.2) is 4.98 Å². The van der Waals surface area contributed by atoms with Crippen molar-refractivity contribution in [2.45, 2.75) is 11.8 Å². The molecule has 0 atom stereocenters. The Balaban J connectivity index is 1.84. The van der Waals surface area contributed by atoms with Crippen LogP contribution in [0, 0.1) is 0 Å². The summed E-state index contributed by atoms with van der Waals surface area (Å²) in [5, 5.41) is 5.13. The molecule has 0 aliphatic carbocycles. The molecular formula is C13H12N2O2S2. The van der Waals surface area contributed by atoms with E-state index >= 15 is 0 Å². The summed E-state index contributed by atoms with van der Waals surface area (Å²) in [5.41, 5.74) is 0.677. The summed E-state index contributed by atoms with van der Waals surface area (Å²) in [4.78, 5) is 27.7. The Morgan fingerprint density at radius 2 is 2.05 bits per heavy atom. The average molecular weight is 292 g/mol. The van der Waals surface area contributed by atoms with Crippen LogP contribution in [0.1, 0.15) is 17.3 Å². The molecule has 0 aliphatic heterocycles. The number of amides is 1. The summed E-state index contributed by atoms with van der Waals surface area (Å²) in [6.07, 6.45) is 1.65. The van der Waals surface area contributed by atoms with Crippen molar-refractivity contribution in [1.29, 1.82) is 0 Å². The topological polar surface area (TPSA) is 59.1 Å². The number of Topliss-reactive ketones (excluding diaryl/α,β-unsaturated/α-hetero) is 1. The molecule has 6 heteroatoms. The number of nitrogens with zero attached hydrogens (tertiary/aromatic N) is 1. The highest BCUT2D eigenvalue weighted by atomic mass is 32.2. The van der Waals surface area contributed by atoms with Gasteiger partial charge in [0, 0.05) is 22.0 Å². The lowest BCUT2D eigenvalue weighted by molar-refractivity contribution is -0.113. The average Bonchev–Trinajstić information content (AvgIpc) is 2.89. The molecule has 0 saturated carbocycles. The van der Waals surface area contributed by atoms with Gasteiger partial charge in [0.1, 0.15) is 0 Å². The third kappa shape index (κ3) is 4.18. The Labute approximate surface area is 119 Å². The summed E-state index contributed by atoms with van der Waals surface area (Å²) in [7, 11) is 0. The second-order valence-corrected chi connectivity index (χ2v) is 5.70. The number of rotatable bonds is 5. The molecule has 19 heavy (non-hydrogen) atoms. The molecule has 0 aliphatic rings. The molecule has 98 valence electrons. The fourth-order valence-corrected chi connectivity index (χ4v) is 2.62. The minimum atomic E-state index is -0.0874. The third-order valence-electron chi connectivity index (χ3n) is 2.31. The molecule has 1 heterocycles. The van der Waals surface area contributed by atoms with Gasteiger partial charge in [0.2, 0.25) is 5.91 Å². The van der Waals surface area contributed by atoms with Crippen molar-refractivity contribution in [3.8, 4) is 0 Å². The molecule has 1 aromatic carbocycles. The Kier molecular flexibility index (Phi) is 4.70. The van der Waals surface area contributed by atoms with Crippen LogP contribution in [0.25, 0.3) is 0 Å². The summed E-state index contributed by atoms with van der Waals surface area (Å²) in [6, 6.07) is 7.23. The fourth-order valence-electron chi connectivity index (χ4n) is 1.38. The van der Waals surface area contributed by atoms with Crippen LogP contribution in [-0.2, 0) is 4.79 Å². The third-order valence-corrected chi connectivity index (χ3v) is 4.01. The number of nitrogens with one attached hydrogen (secondary N) is 1. The zero-order valence-electron chi connectivity index (χ0n) is 10.3. The number of hydrogen-bond acceptors (Lipinski definition) is 5. The molecule has 0 saturated heterocycles. The van der Waals surface area contributed by atoms with Gasteiger partial charge in [0.05, 0.1) is 5.75 Å². The molecule has 1 N–H and O–H groups in total. The van der Waals surface area contributed by atoms with Crippen LogP contribution in [0.2, 0.25) is 0 Å². The van der Waals surface area contributed by atoms with Crippen LogP contribution in [0.15, 0.2) is 40.7 Å². The molecule has 0 bridgehead atoms. The van der Waals surface area contributed by atoms with Crippen LogP contribution in [0.4, 0.5) is 5.13 Å². The van der Waals surface area contributed by atoms with E-state index in [2.05, 4.69) is 10.3 Å². The molecule has 2 rings (SSSR count). The van der Waals surface area contributed by atoms with Gasteiger partial charge < -0.3 is 5.32 Å². The second-order valence-electron chi connectivity index (χ2n) is 3.75. The van der Waals surface area contributed by atoms with E-state index in [-0.39, 0.29) is 11.7 Å². The number of hydrogen-bond donors (Lipinski definition) is 1. The Morgan fingerprint density at radius 1 is 1.32 bits per heavy atom. The van der Waals surface area contributed by atoms with Crippen molar-refractivity contribution in [2.75, 3.05) is 11.1 Å². The summed E-state index contributed by atoms with van der Waals surface area (Å²) < 4.78 is 0. The first-order valence-corrected chi connectivity index (χ1v) is 7.45. The van der Waals surface area contributed by atoms with Crippen LogP contribution in [0.3, 0.4) is 0 Å². The Hall–Kier alpha value is -1.66. The number of ketones is 1. The van der Waals surface area contributed by atoms with Crippen molar-refractivity contribution in [3.05, 3.63) is 41.4 Å². The van der Waals surface area contributed by atoms with Gasteiger partial charge in [-0.3, -0.25) is 9.59 Å². The van der Waals surface area contributed by atoms with Crippen molar-refractivity contribution in [2.24, 2.45) is 0 Å². The minimum Gasteiger partial charge on any atom is -0.301 e. The van der Waals surface area contributed by atoms with Gasteiger partial charge in [-0.15, -0.1) is 23.1 Å². The monoisotopic (exact) mass is 292 g/mol. The predicted molar refractivity (Wildman–Crippen MR) is 77.9 cm³/mol. The first-order chi connectivity index (χ1) is 9.15. The predicted octanol–water partition coefficient (Wildman–Crippen LogP) is 3.08. The van der Waals surface area contributed by atoms with Gasteiger partial charge in [0.15, 0.2) is 10.9 Å². The number of thiazole rings is 1. The Morgan fingerprint density at radius 3 is 2.63 bits per heavy atom. The highest BCUT2D eigenvalue weighted by molar-refractivity contribution is 8.00. The van der Waals surface area contributed by atoms with E-state index in [0.717, 1.165) is 4.90 Å². The smallest absolute Gasteiger partial charge is 0.236 e. The van der Waals surface area contributed by atoms with E-state index in [4.69, 9.17) is 0 Å². The van der Waals surface area contributed by atoms with E-state index in [0.29, 0.717) is 16.4 Å². The maximum Gasteiger partial charge on any atom is 0.236 e. The van der Waals surface area contributed by atoms with Crippen LogP contribution in [-0.4, -0.2) is 22.4 Å². The van der Waals surface area contributed by atoms with Gasteiger partial charge in [-0.05, 0) is 19.1 Å². The van der Waals surface area contributed by atoms with Crippen molar-refractivity contribution in [3.63, 3.8) is 0 Å².